The Morgan fingerprint density at radius 1 is 0.818 bits per heavy atom. The van der Waals surface area contributed by atoms with Crippen LogP contribution in [0.5, 0.6) is 0 Å². The van der Waals surface area contributed by atoms with Crippen molar-refractivity contribution in [2.24, 2.45) is 17.4 Å². The van der Waals surface area contributed by atoms with Crippen LogP contribution in [0.4, 0.5) is 0 Å². The zero-order valence-electron chi connectivity index (χ0n) is 14.3. The molecule has 4 N–H and O–H groups in total. The third-order valence-corrected chi connectivity index (χ3v) is 3.85. The number of aryl methyl sites for hydroxylation is 1. The zero-order valence-corrected chi connectivity index (χ0v) is 14.3. The van der Waals surface area contributed by atoms with Crippen molar-refractivity contribution < 1.29 is 0 Å². The largest absolute Gasteiger partial charge is 0.324 e. The highest BCUT2D eigenvalue weighted by molar-refractivity contribution is 5.23. The fourth-order valence-electron chi connectivity index (χ4n) is 2.11. The lowest BCUT2D eigenvalue weighted by atomic mass is 9.97. The summed E-state index contributed by atoms with van der Waals surface area (Å²) in [6.07, 6.45) is 1.00. The highest BCUT2D eigenvalue weighted by atomic mass is 14.6. The molecule has 0 unspecified atom stereocenters. The minimum absolute atomic E-state index is 0.177. The molecule has 2 atom stereocenters. The van der Waals surface area contributed by atoms with Crippen LogP contribution >= 0.6 is 0 Å². The van der Waals surface area contributed by atoms with Gasteiger partial charge < -0.3 is 11.5 Å². The molecular weight excluding hydrogens is 268 g/mol. The second-order valence-electron chi connectivity index (χ2n) is 6.11. The van der Waals surface area contributed by atoms with Crippen LogP contribution in [-0.2, 0) is 0 Å². The fraction of sp³-hybridized carbons (Fsp3) is 0.400. The maximum atomic E-state index is 5.94. The summed E-state index contributed by atoms with van der Waals surface area (Å²) in [7, 11) is 0. The summed E-state index contributed by atoms with van der Waals surface area (Å²) in [5.41, 5.74) is 15.5. The summed E-state index contributed by atoms with van der Waals surface area (Å²) < 4.78 is 0. The minimum Gasteiger partial charge on any atom is -0.324 e. The van der Waals surface area contributed by atoms with E-state index in [9.17, 15) is 0 Å². The molecular formula is C20H30N2. The van der Waals surface area contributed by atoms with E-state index < -0.39 is 0 Å². The average Bonchev–Trinajstić information content (AvgIpc) is 2.55. The summed E-state index contributed by atoms with van der Waals surface area (Å²) >= 11 is 0. The van der Waals surface area contributed by atoms with Crippen molar-refractivity contribution in [3.63, 3.8) is 0 Å². The van der Waals surface area contributed by atoms with Crippen molar-refractivity contribution in [3.8, 4) is 0 Å². The molecule has 0 bridgehead atoms. The molecule has 0 aromatic heterocycles. The quantitative estimate of drug-likeness (QED) is 0.856. The average molecular weight is 298 g/mol. The smallest absolute Gasteiger partial charge is 0.0318 e. The second kappa shape index (κ2) is 9.39. The molecule has 2 aromatic carbocycles. The standard InChI is InChI=1S/2C10H15N/c1-8(2)10(11)9-6-4-3-5-7-9;1-3-10(11)9-6-4-8(2)5-7-9/h3-8,10H,11H2,1-2H3;4-7,10H,3,11H2,1-2H3/t2*10-/m11/s1. The topological polar surface area (TPSA) is 52.0 Å². The number of rotatable bonds is 4. The van der Waals surface area contributed by atoms with Crippen LogP contribution in [0.25, 0.3) is 0 Å². The van der Waals surface area contributed by atoms with Crippen molar-refractivity contribution in [2.45, 2.75) is 46.2 Å². The van der Waals surface area contributed by atoms with Gasteiger partial charge >= 0.3 is 0 Å². The van der Waals surface area contributed by atoms with E-state index in [1.807, 2.05) is 18.2 Å². The van der Waals surface area contributed by atoms with Gasteiger partial charge in [0.05, 0.1) is 0 Å². The molecule has 0 saturated carbocycles. The Morgan fingerprint density at radius 2 is 1.36 bits per heavy atom. The molecule has 2 aromatic rings. The van der Waals surface area contributed by atoms with E-state index >= 15 is 0 Å². The number of benzene rings is 2. The highest BCUT2D eigenvalue weighted by Crippen LogP contribution is 2.17. The van der Waals surface area contributed by atoms with Gasteiger partial charge in [-0.15, -0.1) is 0 Å². The van der Waals surface area contributed by atoms with E-state index in [1.165, 1.54) is 16.7 Å². The molecule has 0 spiro atoms. The maximum Gasteiger partial charge on any atom is 0.0318 e. The molecule has 0 fully saturated rings. The van der Waals surface area contributed by atoms with Gasteiger partial charge in [0.2, 0.25) is 0 Å². The van der Waals surface area contributed by atoms with Gasteiger partial charge in [-0.25, -0.2) is 0 Å². The molecule has 0 heterocycles. The van der Waals surface area contributed by atoms with Gasteiger partial charge in [0.1, 0.15) is 0 Å². The molecule has 0 radical (unpaired) electrons. The van der Waals surface area contributed by atoms with E-state index in [-0.39, 0.29) is 12.1 Å². The van der Waals surface area contributed by atoms with Gasteiger partial charge in [-0.3, -0.25) is 0 Å². The van der Waals surface area contributed by atoms with Crippen molar-refractivity contribution in [1.82, 2.24) is 0 Å². The monoisotopic (exact) mass is 298 g/mol. The molecule has 120 valence electrons. The SMILES string of the molecule is CC(C)[C@@H](N)c1ccccc1.CC[C@@H](N)c1ccc(C)cc1. The van der Waals surface area contributed by atoms with Gasteiger partial charge in [-0.05, 0) is 30.4 Å². The first-order valence-electron chi connectivity index (χ1n) is 8.08. The molecule has 0 aliphatic heterocycles. The van der Waals surface area contributed by atoms with Gasteiger partial charge in [-0.2, -0.15) is 0 Å². The highest BCUT2D eigenvalue weighted by Gasteiger charge is 2.08. The van der Waals surface area contributed by atoms with E-state index in [2.05, 4.69) is 64.1 Å². The summed E-state index contributed by atoms with van der Waals surface area (Å²) in [6, 6.07) is 19.0. The Morgan fingerprint density at radius 3 is 1.82 bits per heavy atom. The number of hydrogen-bond donors (Lipinski definition) is 2. The van der Waals surface area contributed by atoms with E-state index in [1.54, 1.807) is 0 Å². The van der Waals surface area contributed by atoms with Crippen LogP contribution in [0.1, 0.15) is 56.0 Å². The minimum atomic E-state index is 0.177. The lowest BCUT2D eigenvalue weighted by Gasteiger charge is -2.15. The van der Waals surface area contributed by atoms with Crippen LogP contribution in [0.15, 0.2) is 54.6 Å². The Balaban J connectivity index is 0.000000220. The molecule has 2 heteroatoms. The van der Waals surface area contributed by atoms with Gasteiger partial charge in [-0.1, -0.05) is 80.9 Å². The summed E-state index contributed by atoms with van der Waals surface area (Å²) in [4.78, 5) is 0. The summed E-state index contributed by atoms with van der Waals surface area (Å²) in [5, 5.41) is 0. The molecule has 2 rings (SSSR count). The van der Waals surface area contributed by atoms with E-state index in [0.717, 1.165) is 6.42 Å². The normalized spacial score (nSPS) is 13.2. The Bertz CT molecular complexity index is 517. The summed E-state index contributed by atoms with van der Waals surface area (Å²) in [5.74, 6) is 0.511. The van der Waals surface area contributed by atoms with Gasteiger partial charge in [0.25, 0.3) is 0 Å². The summed E-state index contributed by atoms with van der Waals surface area (Å²) in [6.45, 7) is 8.46. The number of nitrogens with two attached hydrogens (primary N) is 2. The Hall–Kier alpha value is -1.64. The third-order valence-electron chi connectivity index (χ3n) is 3.85. The molecule has 0 aliphatic carbocycles. The first-order valence-corrected chi connectivity index (χ1v) is 8.08. The first kappa shape index (κ1) is 18.4. The van der Waals surface area contributed by atoms with Crippen molar-refractivity contribution in [2.75, 3.05) is 0 Å². The van der Waals surface area contributed by atoms with Crippen LogP contribution in [0.2, 0.25) is 0 Å². The Kier molecular flexibility index (Phi) is 7.86. The van der Waals surface area contributed by atoms with Gasteiger partial charge in [0.15, 0.2) is 0 Å². The Labute approximate surface area is 135 Å². The van der Waals surface area contributed by atoms with Crippen molar-refractivity contribution in [1.29, 1.82) is 0 Å². The van der Waals surface area contributed by atoms with Crippen LogP contribution in [0.3, 0.4) is 0 Å². The number of hydrogen-bond acceptors (Lipinski definition) is 2. The van der Waals surface area contributed by atoms with Crippen LogP contribution < -0.4 is 11.5 Å². The maximum absolute atomic E-state index is 5.94. The van der Waals surface area contributed by atoms with Crippen LogP contribution in [-0.4, -0.2) is 0 Å². The lowest BCUT2D eigenvalue weighted by molar-refractivity contribution is 0.514. The molecule has 0 amide bonds. The lowest BCUT2D eigenvalue weighted by Crippen LogP contribution is -2.16. The van der Waals surface area contributed by atoms with Crippen molar-refractivity contribution in [3.05, 3.63) is 71.3 Å². The van der Waals surface area contributed by atoms with Crippen LogP contribution in [0, 0.1) is 12.8 Å². The third kappa shape index (κ3) is 6.00. The van der Waals surface area contributed by atoms with Crippen molar-refractivity contribution >= 4 is 0 Å². The fourth-order valence-corrected chi connectivity index (χ4v) is 2.11. The molecule has 2 nitrogen and oxygen atoms in total. The predicted octanol–water partition coefficient (Wildman–Crippen LogP) is 4.75. The predicted molar refractivity (Wildman–Crippen MR) is 96.6 cm³/mol. The van der Waals surface area contributed by atoms with E-state index in [4.69, 9.17) is 11.5 Å². The molecule has 22 heavy (non-hydrogen) atoms. The first-order chi connectivity index (χ1) is 10.5. The molecule has 0 saturated heterocycles. The second-order valence-corrected chi connectivity index (χ2v) is 6.11. The molecule has 0 aliphatic rings. The zero-order chi connectivity index (χ0) is 16.5. The van der Waals surface area contributed by atoms with E-state index in [0.29, 0.717) is 5.92 Å². The van der Waals surface area contributed by atoms with Gasteiger partial charge in [0, 0.05) is 12.1 Å².